The average molecular weight is 472 g/mol. The molecule has 0 radical (unpaired) electrons. The average Bonchev–Trinajstić information content (AvgIpc) is 2.74. The van der Waals surface area contributed by atoms with E-state index in [4.69, 9.17) is 11.6 Å². The lowest BCUT2D eigenvalue weighted by Crippen LogP contribution is -2.48. The smallest absolute Gasteiger partial charge is 0.243 e. The number of anilines is 1. The van der Waals surface area contributed by atoms with E-state index in [1.54, 1.807) is 19.9 Å². The lowest BCUT2D eigenvalue weighted by atomic mass is 10.2. The van der Waals surface area contributed by atoms with Gasteiger partial charge < -0.3 is 4.90 Å². The molecule has 2 aromatic rings. The molecule has 0 N–H and O–H groups in total. The maximum atomic E-state index is 13.0. The van der Waals surface area contributed by atoms with Gasteiger partial charge in [-0.3, -0.25) is 0 Å². The highest BCUT2D eigenvalue weighted by atomic mass is 35.5. The second-order valence-electron chi connectivity index (χ2n) is 6.93. The van der Waals surface area contributed by atoms with Crippen LogP contribution in [0.1, 0.15) is 13.8 Å². The third-order valence-electron chi connectivity index (χ3n) is 5.22. The van der Waals surface area contributed by atoms with Gasteiger partial charge >= 0.3 is 0 Å². The van der Waals surface area contributed by atoms with Gasteiger partial charge in [0.2, 0.25) is 20.0 Å². The van der Waals surface area contributed by atoms with Gasteiger partial charge in [-0.15, -0.1) is 0 Å². The van der Waals surface area contributed by atoms with Crippen molar-refractivity contribution >= 4 is 37.3 Å². The first-order valence-electron chi connectivity index (χ1n) is 9.81. The van der Waals surface area contributed by atoms with E-state index in [1.807, 2.05) is 18.2 Å². The Hall–Kier alpha value is -1.65. The molecule has 0 atom stereocenters. The van der Waals surface area contributed by atoms with Crippen LogP contribution in [0.2, 0.25) is 5.02 Å². The van der Waals surface area contributed by atoms with Crippen molar-refractivity contribution in [3.8, 4) is 0 Å². The zero-order valence-corrected chi connectivity index (χ0v) is 19.4. The van der Waals surface area contributed by atoms with Crippen LogP contribution >= 0.6 is 11.6 Å². The first-order valence-corrected chi connectivity index (χ1v) is 13.1. The first kappa shape index (κ1) is 23.0. The Morgan fingerprint density at radius 2 is 1.43 bits per heavy atom. The van der Waals surface area contributed by atoms with Gasteiger partial charge in [-0.25, -0.2) is 16.8 Å². The van der Waals surface area contributed by atoms with Crippen molar-refractivity contribution in [3.63, 3.8) is 0 Å². The van der Waals surface area contributed by atoms with Crippen molar-refractivity contribution in [1.82, 2.24) is 8.61 Å². The molecule has 1 aliphatic rings. The molecule has 3 rings (SSSR count). The van der Waals surface area contributed by atoms with E-state index in [0.717, 1.165) is 5.69 Å². The summed E-state index contributed by atoms with van der Waals surface area (Å²) in [5, 5.41) is 0.641. The van der Waals surface area contributed by atoms with Crippen LogP contribution in [0.25, 0.3) is 0 Å². The van der Waals surface area contributed by atoms with E-state index in [2.05, 4.69) is 4.90 Å². The Bertz CT molecular complexity index is 1080. The lowest BCUT2D eigenvalue weighted by Gasteiger charge is -2.35. The molecule has 0 aromatic heterocycles. The van der Waals surface area contributed by atoms with Gasteiger partial charge in [-0.2, -0.15) is 8.61 Å². The summed E-state index contributed by atoms with van der Waals surface area (Å²) in [5.74, 6) is 0. The Kier molecular flexibility index (Phi) is 7.09. The molecular weight excluding hydrogens is 446 g/mol. The minimum absolute atomic E-state index is 0.0934. The zero-order valence-electron chi connectivity index (χ0n) is 17.0. The Labute approximate surface area is 184 Å². The molecule has 30 heavy (non-hydrogen) atoms. The first-order chi connectivity index (χ1) is 14.2. The summed E-state index contributed by atoms with van der Waals surface area (Å²) in [4.78, 5) is 2.28. The maximum absolute atomic E-state index is 13.0. The molecule has 1 saturated heterocycles. The SMILES string of the molecule is CCN(CC)S(=O)(=O)c1ccc(S(=O)(=O)N2CCN(c3cccc(Cl)c3)CC2)cc1. The van der Waals surface area contributed by atoms with Crippen LogP contribution < -0.4 is 4.90 Å². The fourth-order valence-corrected chi connectivity index (χ4v) is 6.57. The predicted molar refractivity (Wildman–Crippen MR) is 119 cm³/mol. The number of halogens is 1. The molecule has 2 aromatic carbocycles. The van der Waals surface area contributed by atoms with E-state index >= 15 is 0 Å². The summed E-state index contributed by atoms with van der Waals surface area (Å²) >= 11 is 6.05. The van der Waals surface area contributed by atoms with Gasteiger partial charge in [0.05, 0.1) is 9.79 Å². The Balaban J connectivity index is 1.73. The van der Waals surface area contributed by atoms with Crippen LogP contribution in [-0.4, -0.2) is 64.7 Å². The number of hydrogen-bond donors (Lipinski definition) is 0. The van der Waals surface area contributed by atoms with Crippen molar-refractivity contribution in [1.29, 1.82) is 0 Å². The standard InChI is InChI=1S/C20H26ClN3O4S2/c1-3-23(4-2)29(25,26)19-8-10-20(11-9-19)30(27,28)24-14-12-22(13-15-24)18-7-5-6-17(21)16-18/h5-11,16H,3-4,12-15H2,1-2H3. The van der Waals surface area contributed by atoms with Gasteiger partial charge in [-0.1, -0.05) is 31.5 Å². The molecule has 0 saturated carbocycles. The van der Waals surface area contributed by atoms with Crippen molar-refractivity contribution in [3.05, 3.63) is 53.6 Å². The van der Waals surface area contributed by atoms with Crippen LogP contribution in [0.3, 0.4) is 0 Å². The molecule has 0 spiro atoms. The number of benzene rings is 2. The summed E-state index contributed by atoms with van der Waals surface area (Å²) in [6.45, 7) is 6.03. The molecule has 1 heterocycles. The lowest BCUT2D eigenvalue weighted by molar-refractivity contribution is 0.385. The minimum atomic E-state index is -3.70. The molecule has 0 amide bonds. The van der Waals surface area contributed by atoms with Crippen molar-refractivity contribution in [2.24, 2.45) is 0 Å². The summed E-state index contributed by atoms with van der Waals surface area (Å²) in [7, 11) is -7.32. The summed E-state index contributed by atoms with van der Waals surface area (Å²) < 4.78 is 54.0. The van der Waals surface area contributed by atoms with Crippen LogP contribution in [0.5, 0.6) is 0 Å². The molecular formula is C20H26ClN3O4S2. The predicted octanol–water partition coefficient (Wildman–Crippen LogP) is 2.88. The number of sulfonamides is 2. The quantitative estimate of drug-likeness (QED) is 0.620. The molecule has 1 aliphatic heterocycles. The van der Waals surface area contributed by atoms with Crippen LogP contribution in [-0.2, 0) is 20.0 Å². The van der Waals surface area contributed by atoms with Gasteiger partial charge in [-0.05, 0) is 42.5 Å². The van der Waals surface area contributed by atoms with E-state index < -0.39 is 20.0 Å². The highest BCUT2D eigenvalue weighted by molar-refractivity contribution is 7.89. The van der Waals surface area contributed by atoms with Crippen LogP contribution in [0.15, 0.2) is 58.3 Å². The molecule has 164 valence electrons. The van der Waals surface area contributed by atoms with E-state index in [9.17, 15) is 16.8 Å². The summed E-state index contributed by atoms with van der Waals surface area (Å²) in [5.41, 5.74) is 0.963. The second-order valence-corrected chi connectivity index (χ2v) is 11.2. The Morgan fingerprint density at radius 1 is 0.867 bits per heavy atom. The maximum Gasteiger partial charge on any atom is 0.243 e. The number of hydrogen-bond acceptors (Lipinski definition) is 5. The second kappa shape index (κ2) is 9.23. The third-order valence-corrected chi connectivity index (χ3v) is 9.43. The third kappa shape index (κ3) is 4.65. The topological polar surface area (TPSA) is 78.0 Å². The molecule has 7 nitrogen and oxygen atoms in total. The molecule has 10 heteroatoms. The van der Waals surface area contributed by atoms with Crippen molar-refractivity contribution in [2.45, 2.75) is 23.6 Å². The van der Waals surface area contributed by atoms with Crippen molar-refractivity contribution < 1.29 is 16.8 Å². The van der Waals surface area contributed by atoms with Crippen LogP contribution in [0, 0.1) is 0 Å². The molecule has 0 bridgehead atoms. The zero-order chi connectivity index (χ0) is 21.9. The van der Waals surface area contributed by atoms with Crippen molar-refractivity contribution in [2.75, 3.05) is 44.2 Å². The monoisotopic (exact) mass is 471 g/mol. The minimum Gasteiger partial charge on any atom is -0.369 e. The van der Waals surface area contributed by atoms with Gasteiger partial charge in [0, 0.05) is 50.0 Å². The number of rotatable bonds is 7. The van der Waals surface area contributed by atoms with E-state index in [0.29, 0.717) is 44.3 Å². The molecule has 1 fully saturated rings. The van der Waals surface area contributed by atoms with E-state index in [-0.39, 0.29) is 9.79 Å². The molecule has 0 unspecified atom stereocenters. The normalized spacial score (nSPS) is 16.2. The van der Waals surface area contributed by atoms with Gasteiger partial charge in [0.25, 0.3) is 0 Å². The number of nitrogens with zero attached hydrogens (tertiary/aromatic N) is 3. The summed E-state index contributed by atoms with van der Waals surface area (Å²) in [6.07, 6.45) is 0. The highest BCUT2D eigenvalue weighted by Crippen LogP contribution is 2.24. The fourth-order valence-electron chi connectivity index (χ4n) is 3.50. The Morgan fingerprint density at radius 3 is 1.97 bits per heavy atom. The summed E-state index contributed by atoms with van der Waals surface area (Å²) in [6, 6.07) is 13.0. The van der Waals surface area contributed by atoms with Crippen LogP contribution in [0.4, 0.5) is 5.69 Å². The molecule has 0 aliphatic carbocycles. The fraction of sp³-hybridized carbons (Fsp3) is 0.400. The van der Waals surface area contributed by atoms with Gasteiger partial charge in [0.15, 0.2) is 0 Å². The van der Waals surface area contributed by atoms with E-state index in [1.165, 1.54) is 32.9 Å². The number of piperazine rings is 1. The van der Waals surface area contributed by atoms with Gasteiger partial charge in [0.1, 0.15) is 0 Å². The highest BCUT2D eigenvalue weighted by Gasteiger charge is 2.29. The largest absolute Gasteiger partial charge is 0.369 e.